The van der Waals surface area contributed by atoms with Crippen LogP contribution in [0, 0.1) is 5.92 Å². The van der Waals surface area contributed by atoms with E-state index in [1.807, 2.05) is 0 Å². The molecule has 0 amide bonds. The molecular weight excluding hydrogens is 260 g/mol. The Morgan fingerprint density at radius 2 is 1.00 bits per heavy atom. The van der Waals surface area contributed by atoms with E-state index < -0.39 is 0 Å². The lowest BCUT2D eigenvalue weighted by molar-refractivity contribution is 0.445. The molecule has 4 heteroatoms. The van der Waals surface area contributed by atoms with Crippen LogP contribution in [0.15, 0.2) is 0 Å². The minimum Gasteiger partial charge on any atom is -0.317 e. The molecule has 0 unspecified atom stereocenters. The molecule has 0 rings (SSSR count). The summed E-state index contributed by atoms with van der Waals surface area (Å²) in [6.07, 6.45) is 6.27. The Labute approximate surface area is 133 Å². The van der Waals surface area contributed by atoms with Gasteiger partial charge in [0.05, 0.1) is 0 Å². The average Bonchev–Trinajstić information content (AvgIpc) is 2.51. The molecule has 0 aromatic rings. The SMILES string of the molecule is CCNCCCNCCCNCCCNCC(CC)CC. The summed E-state index contributed by atoms with van der Waals surface area (Å²) >= 11 is 0. The zero-order valence-corrected chi connectivity index (χ0v) is 14.8. The summed E-state index contributed by atoms with van der Waals surface area (Å²) in [5, 5.41) is 13.9. The monoisotopic (exact) mass is 300 g/mol. The van der Waals surface area contributed by atoms with Crippen LogP contribution in [0.25, 0.3) is 0 Å². The predicted octanol–water partition coefficient (Wildman–Crippen LogP) is 1.97. The second-order valence-electron chi connectivity index (χ2n) is 5.80. The molecule has 0 saturated carbocycles. The molecule has 4 nitrogen and oxygen atoms in total. The second kappa shape index (κ2) is 17.9. The van der Waals surface area contributed by atoms with Crippen molar-refractivity contribution in [2.75, 3.05) is 52.4 Å². The van der Waals surface area contributed by atoms with Gasteiger partial charge in [-0.05, 0) is 77.5 Å². The summed E-state index contributed by atoms with van der Waals surface area (Å²) in [6, 6.07) is 0. The van der Waals surface area contributed by atoms with Crippen molar-refractivity contribution in [2.24, 2.45) is 5.92 Å². The van der Waals surface area contributed by atoms with Crippen LogP contribution in [0.5, 0.6) is 0 Å². The lowest BCUT2D eigenvalue weighted by Crippen LogP contribution is -2.28. The molecule has 0 saturated heterocycles. The third-order valence-corrected chi connectivity index (χ3v) is 3.96. The van der Waals surface area contributed by atoms with Crippen LogP contribution in [0.3, 0.4) is 0 Å². The second-order valence-corrected chi connectivity index (χ2v) is 5.80. The molecule has 0 bridgehead atoms. The van der Waals surface area contributed by atoms with Crippen LogP contribution in [-0.4, -0.2) is 52.4 Å². The van der Waals surface area contributed by atoms with E-state index in [0.29, 0.717) is 0 Å². The molecule has 21 heavy (non-hydrogen) atoms. The molecule has 0 radical (unpaired) electrons. The molecular formula is C17H40N4. The maximum absolute atomic E-state index is 3.56. The number of rotatable bonds is 17. The van der Waals surface area contributed by atoms with E-state index in [1.54, 1.807) is 0 Å². The Balaban J connectivity index is 3.02. The highest BCUT2D eigenvalue weighted by molar-refractivity contribution is 4.59. The van der Waals surface area contributed by atoms with Crippen molar-refractivity contribution in [1.29, 1.82) is 0 Å². The Morgan fingerprint density at radius 1 is 0.571 bits per heavy atom. The van der Waals surface area contributed by atoms with Gasteiger partial charge in [-0.1, -0.05) is 33.6 Å². The summed E-state index contributed by atoms with van der Waals surface area (Å²) in [5.41, 5.74) is 0. The summed E-state index contributed by atoms with van der Waals surface area (Å²) in [4.78, 5) is 0. The number of hydrogen-bond donors (Lipinski definition) is 4. The van der Waals surface area contributed by atoms with Gasteiger partial charge in [-0.2, -0.15) is 0 Å². The molecule has 0 aliphatic rings. The molecule has 4 N–H and O–H groups in total. The summed E-state index contributed by atoms with van der Waals surface area (Å²) < 4.78 is 0. The van der Waals surface area contributed by atoms with Gasteiger partial charge in [-0.25, -0.2) is 0 Å². The molecule has 0 atom stereocenters. The van der Waals surface area contributed by atoms with Crippen molar-refractivity contribution < 1.29 is 0 Å². The Bertz CT molecular complexity index is 184. The maximum Gasteiger partial charge on any atom is -0.00207 e. The Morgan fingerprint density at radius 3 is 1.43 bits per heavy atom. The first-order valence-corrected chi connectivity index (χ1v) is 9.17. The van der Waals surface area contributed by atoms with Gasteiger partial charge < -0.3 is 21.3 Å². The van der Waals surface area contributed by atoms with E-state index in [-0.39, 0.29) is 0 Å². The molecule has 0 spiro atoms. The van der Waals surface area contributed by atoms with Gasteiger partial charge in [0.25, 0.3) is 0 Å². The van der Waals surface area contributed by atoms with E-state index in [0.717, 1.165) is 51.7 Å². The lowest BCUT2D eigenvalue weighted by Gasteiger charge is -2.13. The van der Waals surface area contributed by atoms with E-state index in [1.165, 1.54) is 38.6 Å². The molecule has 0 aromatic carbocycles. The predicted molar refractivity (Wildman–Crippen MR) is 95.1 cm³/mol. The van der Waals surface area contributed by atoms with Crippen LogP contribution in [-0.2, 0) is 0 Å². The molecule has 0 aromatic heterocycles. The van der Waals surface area contributed by atoms with E-state index >= 15 is 0 Å². The number of nitrogens with one attached hydrogen (secondary N) is 4. The molecule has 128 valence electrons. The van der Waals surface area contributed by atoms with Crippen molar-refractivity contribution in [1.82, 2.24) is 21.3 Å². The van der Waals surface area contributed by atoms with Crippen LogP contribution >= 0.6 is 0 Å². The zero-order chi connectivity index (χ0) is 15.6. The smallest absolute Gasteiger partial charge is 0.00207 e. The Kier molecular flexibility index (Phi) is 17.8. The van der Waals surface area contributed by atoms with Crippen LogP contribution in [0.1, 0.15) is 52.9 Å². The van der Waals surface area contributed by atoms with Crippen molar-refractivity contribution in [3.8, 4) is 0 Å². The Hall–Kier alpha value is -0.160. The van der Waals surface area contributed by atoms with Crippen molar-refractivity contribution in [3.05, 3.63) is 0 Å². The summed E-state index contributed by atoms with van der Waals surface area (Å²) in [7, 11) is 0. The molecule has 0 aliphatic carbocycles. The first-order chi connectivity index (χ1) is 10.3. The van der Waals surface area contributed by atoms with Crippen LogP contribution < -0.4 is 21.3 Å². The molecule has 0 fully saturated rings. The van der Waals surface area contributed by atoms with Gasteiger partial charge in [0, 0.05) is 0 Å². The van der Waals surface area contributed by atoms with Gasteiger partial charge in [0.2, 0.25) is 0 Å². The zero-order valence-electron chi connectivity index (χ0n) is 14.8. The van der Waals surface area contributed by atoms with Gasteiger partial charge >= 0.3 is 0 Å². The largest absolute Gasteiger partial charge is 0.317 e. The highest BCUT2D eigenvalue weighted by atomic mass is 14.9. The molecule has 0 heterocycles. The fraction of sp³-hybridized carbons (Fsp3) is 1.00. The van der Waals surface area contributed by atoms with E-state index in [4.69, 9.17) is 0 Å². The molecule has 0 aliphatic heterocycles. The summed E-state index contributed by atoms with van der Waals surface area (Å²) in [6.45, 7) is 15.8. The van der Waals surface area contributed by atoms with Crippen molar-refractivity contribution >= 4 is 0 Å². The third-order valence-electron chi connectivity index (χ3n) is 3.96. The van der Waals surface area contributed by atoms with E-state index in [2.05, 4.69) is 42.0 Å². The quantitative estimate of drug-likeness (QED) is 0.310. The van der Waals surface area contributed by atoms with Gasteiger partial charge in [-0.3, -0.25) is 0 Å². The topological polar surface area (TPSA) is 48.1 Å². The first-order valence-electron chi connectivity index (χ1n) is 9.17. The highest BCUT2D eigenvalue weighted by Gasteiger charge is 2.01. The van der Waals surface area contributed by atoms with Crippen LogP contribution in [0.2, 0.25) is 0 Å². The average molecular weight is 301 g/mol. The lowest BCUT2D eigenvalue weighted by atomic mass is 10.0. The first kappa shape index (κ1) is 20.8. The third kappa shape index (κ3) is 16.0. The van der Waals surface area contributed by atoms with Crippen molar-refractivity contribution in [2.45, 2.75) is 52.9 Å². The summed E-state index contributed by atoms with van der Waals surface area (Å²) in [5.74, 6) is 0.858. The van der Waals surface area contributed by atoms with Gasteiger partial charge in [-0.15, -0.1) is 0 Å². The maximum atomic E-state index is 3.56. The fourth-order valence-electron chi connectivity index (χ4n) is 2.33. The number of hydrogen-bond acceptors (Lipinski definition) is 4. The normalized spacial score (nSPS) is 11.4. The van der Waals surface area contributed by atoms with E-state index in [9.17, 15) is 0 Å². The van der Waals surface area contributed by atoms with Crippen LogP contribution in [0.4, 0.5) is 0 Å². The highest BCUT2D eigenvalue weighted by Crippen LogP contribution is 2.04. The van der Waals surface area contributed by atoms with Gasteiger partial charge in [0.15, 0.2) is 0 Å². The van der Waals surface area contributed by atoms with Gasteiger partial charge in [0.1, 0.15) is 0 Å². The standard InChI is InChI=1S/C17H40N4/c1-4-17(5-2)16-21-15-9-14-20-13-8-12-19-11-7-10-18-6-3/h17-21H,4-16H2,1-3H3. The fourth-order valence-corrected chi connectivity index (χ4v) is 2.33. The minimum absolute atomic E-state index is 0.858. The van der Waals surface area contributed by atoms with Crippen molar-refractivity contribution in [3.63, 3.8) is 0 Å². The minimum atomic E-state index is 0.858.